The van der Waals surface area contributed by atoms with Gasteiger partial charge in [-0.2, -0.15) is 0 Å². The molecule has 0 aliphatic rings. The number of ether oxygens (including phenoxy) is 4. The summed E-state index contributed by atoms with van der Waals surface area (Å²) in [5, 5.41) is 2.81. The molecule has 0 unspecified atom stereocenters. The molecular formula is C20H18BrNO5S. The third-order valence-corrected chi connectivity index (χ3v) is 5.47. The van der Waals surface area contributed by atoms with Crippen LogP contribution in [0.1, 0.15) is 16.1 Å². The second kappa shape index (κ2) is 9.07. The van der Waals surface area contributed by atoms with Crippen molar-refractivity contribution in [3.05, 3.63) is 57.5 Å². The average Bonchev–Trinajstić information content (AvgIpc) is 3.20. The van der Waals surface area contributed by atoms with E-state index in [1.54, 1.807) is 32.4 Å². The first-order valence-corrected chi connectivity index (χ1v) is 9.90. The number of hydrogen-bond donors (Lipinski definition) is 0. The molecule has 6 nitrogen and oxygen atoms in total. The molecular weight excluding hydrogens is 446 g/mol. The van der Waals surface area contributed by atoms with E-state index in [2.05, 4.69) is 20.9 Å². The van der Waals surface area contributed by atoms with Gasteiger partial charge in [0.1, 0.15) is 17.4 Å². The van der Waals surface area contributed by atoms with Crippen molar-refractivity contribution in [1.82, 2.24) is 4.98 Å². The maximum Gasteiger partial charge on any atom is 0.337 e. The third-order valence-electron chi connectivity index (χ3n) is 3.91. The molecule has 0 spiro atoms. The average molecular weight is 464 g/mol. The Bertz CT molecular complexity index is 988. The van der Waals surface area contributed by atoms with Gasteiger partial charge in [-0.25, -0.2) is 9.78 Å². The Labute approximate surface area is 175 Å². The standard InChI is InChI=1S/C20H18BrNO5S/c1-24-17-7-4-12(9-18(17)25-2)19-22-14(11-28-19)10-27-16-6-5-13(8-15(16)21)20(23)26-3/h4-9,11H,10H2,1-3H3. The molecule has 0 atom stereocenters. The van der Waals surface area contributed by atoms with Gasteiger partial charge in [0.2, 0.25) is 0 Å². The summed E-state index contributed by atoms with van der Waals surface area (Å²) in [7, 11) is 4.55. The van der Waals surface area contributed by atoms with Crippen LogP contribution in [0.4, 0.5) is 0 Å². The number of nitrogens with zero attached hydrogens (tertiary/aromatic N) is 1. The number of halogens is 1. The highest BCUT2D eigenvalue weighted by molar-refractivity contribution is 9.10. The molecule has 0 aliphatic heterocycles. The summed E-state index contributed by atoms with van der Waals surface area (Å²) in [5.41, 5.74) is 2.20. The molecule has 0 bridgehead atoms. The number of aromatic nitrogens is 1. The number of methoxy groups -OCH3 is 3. The summed E-state index contributed by atoms with van der Waals surface area (Å²) in [6.07, 6.45) is 0. The van der Waals surface area contributed by atoms with Gasteiger partial charge in [-0.15, -0.1) is 11.3 Å². The summed E-state index contributed by atoms with van der Waals surface area (Å²) < 4.78 is 21.8. The molecule has 3 aromatic rings. The van der Waals surface area contributed by atoms with Gasteiger partial charge < -0.3 is 18.9 Å². The van der Waals surface area contributed by atoms with Gasteiger partial charge in [-0.05, 0) is 52.3 Å². The second-order valence-electron chi connectivity index (χ2n) is 5.64. The Kier molecular flexibility index (Phi) is 6.53. The largest absolute Gasteiger partial charge is 0.493 e. The highest BCUT2D eigenvalue weighted by Crippen LogP contribution is 2.34. The normalized spacial score (nSPS) is 10.4. The molecule has 0 aliphatic carbocycles. The van der Waals surface area contributed by atoms with Gasteiger partial charge >= 0.3 is 5.97 Å². The molecule has 0 amide bonds. The minimum absolute atomic E-state index is 0.306. The fourth-order valence-electron chi connectivity index (χ4n) is 2.49. The lowest BCUT2D eigenvalue weighted by molar-refractivity contribution is 0.0600. The van der Waals surface area contributed by atoms with Gasteiger partial charge in [-0.1, -0.05) is 0 Å². The Balaban J connectivity index is 1.71. The number of carbonyl (C=O) groups excluding carboxylic acids is 1. The molecule has 0 saturated heterocycles. The van der Waals surface area contributed by atoms with Crippen LogP contribution >= 0.6 is 27.3 Å². The van der Waals surface area contributed by atoms with Crippen LogP contribution in [0.15, 0.2) is 46.3 Å². The fraction of sp³-hybridized carbons (Fsp3) is 0.200. The van der Waals surface area contributed by atoms with E-state index in [1.165, 1.54) is 18.4 Å². The van der Waals surface area contributed by atoms with E-state index in [0.717, 1.165) is 16.3 Å². The molecule has 0 saturated carbocycles. The van der Waals surface area contributed by atoms with Gasteiger partial charge in [0.05, 0.1) is 37.1 Å². The molecule has 0 N–H and O–H groups in total. The molecule has 146 valence electrons. The first-order chi connectivity index (χ1) is 13.5. The van der Waals surface area contributed by atoms with Crippen molar-refractivity contribution in [2.45, 2.75) is 6.61 Å². The van der Waals surface area contributed by atoms with Gasteiger partial charge in [-0.3, -0.25) is 0 Å². The monoisotopic (exact) mass is 463 g/mol. The SMILES string of the molecule is COC(=O)c1ccc(OCc2csc(-c3ccc(OC)c(OC)c3)n2)c(Br)c1. The lowest BCUT2D eigenvalue weighted by Crippen LogP contribution is -2.02. The molecule has 28 heavy (non-hydrogen) atoms. The van der Waals surface area contributed by atoms with E-state index in [4.69, 9.17) is 18.9 Å². The predicted octanol–water partition coefficient (Wildman–Crippen LogP) is 4.96. The zero-order chi connectivity index (χ0) is 20.1. The third kappa shape index (κ3) is 4.45. The van der Waals surface area contributed by atoms with Crippen LogP contribution in [0.2, 0.25) is 0 Å². The number of hydrogen-bond acceptors (Lipinski definition) is 7. The summed E-state index contributed by atoms with van der Waals surface area (Å²) in [4.78, 5) is 16.2. The summed E-state index contributed by atoms with van der Waals surface area (Å²) in [6, 6.07) is 10.7. The van der Waals surface area contributed by atoms with Gasteiger partial charge in [0, 0.05) is 10.9 Å². The fourth-order valence-corrected chi connectivity index (χ4v) is 3.78. The van der Waals surface area contributed by atoms with Crippen LogP contribution in [0.25, 0.3) is 10.6 Å². The lowest BCUT2D eigenvalue weighted by Gasteiger charge is -2.08. The number of benzene rings is 2. The van der Waals surface area contributed by atoms with Crippen molar-refractivity contribution in [2.24, 2.45) is 0 Å². The van der Waals surface area contributed by atoms with Crippen LogP contribution in [0, 0.1) is 0 Å². The van der Waals surface area contributed by atoms with E-state index in [1.807, 2.05) is 23.6 Å². The molecule has 0 fully saturated rings. The summed E-state index contributed by atoms with van der Waals surface area (Å²) >= 11 is 4.94. The van der Waals surface area contributed by atoms with E-state index in [0.29, 0.717) is 33.9 Å². The van der Waals surface area contributed by atoms with Crippen molar-refractivity contribution < 1.29 is 23.7 Å². The highest BCUT2D eigenvalue weighted by Gasteiger charge is 2.12. The number of carbonyl (C=O) groups is 1. The number of rotatable bonds is 7. The maximum atomic E-state index is 11.6. The molecule has 2 aromatic carbocycles. The van der Waals surface area contributed by atoms with E-state index in [-0.39, 0.29) is 0 Å². The zero-order valence-electron chi connectivity index (χ0n) is 15.5. The van der Waals surface area contributed by atoms with Crippen LogP contribution in [0.3, 0.4) is 0 Å². The quantitative estimate of drug-likeness (QED) is 0.461. The maximum absolute atomic E-state index is 11.6. The minimum Gasteiger partial charge on any atom is -0.493 e. The molecule has 1 heterocycles. The first kappa shape index (κ1) is 20.2. The minimum atomic E-state index is -0.397. The molecule has 3 rings (SSSR count). The smallest absolute Gasteiger partial charge is 0.337 e. The van der Waals surface area contributed by atoms with Gasteiger partial charge in [0.25, 0.3) is 0 Å². The van der Waals surface area contributed by atoms with Crippen molar-refractivity contribution >= 4 is 33.2 Å². The Morgan fingerprint density at radius 2 is 1.79 bits per heavy atom. The topological polar surface area (TPSA) is 66.9 Å². The lowest BCUT2D eigenvalue weighted by atomic mass is 10.2. The number of esters is 1. The molecule has 8 heteroatoms. The van der Waals surface area contributed by atoms with E-state index in [9.17, 15) is 4.79 Å². The Morgan fingerprint density at radius 3 is 2.46 bits per heavy atom. The van der Waals surface area contributed by atoms with Crippen LogP contribution in [-0.4, -0.2) is 32.3 Å². The number of thiazole rings is 1. The van der Waals surface area contributed by atoms with Crippen molar-refractivity contribution in [2.75, 3.05) is 21.3 Å². The second-order valence-corrected chi connectivity index (χ2v) is 7.35. The predicted molar refractivity (Wildman–Crippen MR) is 110 cm³/mol. The van der Waals surface area contributed by atoms with Crippen LogP contribution in [0.5, 0.6) is 17.2 Å². The van der Waals surface area contributed by atoms with Crippen molar-refractivity contribution in [1.29, 1.82) is 0 Å². The van der Waals surface area contributed by atoms with Crippen LogP contribution < -0.4 is 14.2 Å². The zero-order valence-corrected chi connectivity index (χ0v) is 17.9. The highest BCUT2D eigenvalue weighted by atomic mass is 79.9. The molecule has 0 radical (unpaired) electrons. The van der Waals surface area contributed by atoms with Crippen LogP contribution in [-0.2, 0) is 11.3 Å². The first-order valence-electron chi connectivity index (χ1n) is 8.23. The van der Waals surface area contributed by atoms with Gasteiger partial charge in [0.15, 0.2) is 11.5 Å². The Morgan fingerprint density at radius 1 is 1.04 bits per heavy atom. The summed E-state index contributed by atoms with van der Waals surface area (Å²) in [6.45, 7) is 0.306. The van der Waals surface area contributed by atoms with E-state index >= 15 is 0 Å². The van der Waals surface area contributed by atoms with Crippen molar-refractivity contribution in [3.8, 4) is 27.8 Å². The van der Waals surface area contributed by atoms with E-state index < -0.39 is 5.97 Å². The molecule has 1 aromatic heterocycles. The Hall–Kier alpha value is -2.58. The van der Waals surface area contributed by atoms with Crippen molar-refractivity contribution in [3.63, 3.8) is 0 Å². The summed E-state index contributed by atoms with van der Waals surface area (Å²) in [5.74, 6) is 1.55.